The summed E-state index contributed by atoms with van der Waals surface area (Å²) in [5.74, 6) is 0.552. The number of rotatable bonds is 4. The van der Waals surface area contributed by atoms with E-state index in [4.69, 9.17) is 14.2 Å². The molecule has 0 radical (unpaired) electrons. The molecule has 4 heteroatoms. The quantitative estimate of drug-likeness (QED) is 0.604. The Hall–Kier alpha value is -1.55. The number of epoxide rings is 1. The lowest BCUT2D eigenvalue weighted by Crippen LogP contribution is -2.19. The first kappa shape index (κ1) is 11.5. The highest BCUT2D eigenvalue weighted by Gasteiger charge is 2.59. The third-order valence-corrected chi connectivity index (χ3v) is 3.49. The molecular weight excluding hydrogens is 232 g/mol. The molecule has 1 aromatic carbocycles. The summed E-state index contributed by atoms with van der Waals surface area (Å²) in [6, 6.07) is 7.57. The Morgan fingerprint density at radius 3 is 2.56 bits per heavy atom. The minimum Gasteiger partial charge on any atom is -0.497 e. The lowest BCUT2D eigenvalue weighted by Gasteiger charge is -2.08. The van der Waals surface area contributed by atoms with Gasteiger partial charge in [-0.05, 0) is 37.5 Å². The van der Waals surface area contributed by atoms with Gasteiger partial charge in [0, 0.05) is 0 Å². The zero-order valence-electron chi connectivity index (χ0n) is 10.5. The van der Waals surface area contributed by atoms with Crippen LogP contribution in [0.3, 0.4) is 0 Å². The van der Waals surface area contributed by atoms with Gasteiger partial charge in [-0.2, -0.15) is 0 Å². The summed E-state index contributed by atoms with van der Waals surface area (Å²) in [5, 5.41) is 0. The van der Waals surface area contributed by atoms with Gasteiger partial charge in [-0.1, -0.05) is 12.1 Å². The fourth-order valence-corrected chi connectivity index (χ4v) is 2.04. The summed E-state index contributed by atoms with van der Waals surface area (Å²) in [4.78, 5) is 11.8. The number of carbonyl (C=O) groups excluding carboxylic acids is 1. The summed E-state index contributed by atoms with van der Waals surface area (Å²) in [6.07, 6.45) is 1.63. The molecule has 96 valence electrons. The molecule has 1 saturated heterocycles. The molecule has 1 aromatic rings. The Balaban J connectivity index is 1.69. The van der Waals surface area contributed by atoms with Crippen LogP contribution in [0.2, 0.25) is 0 Å². The molecular formula is C14H16O4. The molecule has 2 atom stereocenters. The van der Waals surface area contributed by atoms with Crippen LogP contribution in [0.4, 0.5) is 0 Å². The van der Waals surface area contributed by atoms with E-state index in [1.165, 1.54) is 0 Å². The number of benzene rings is 1. The Morgan fingerprint density at radius 1 is 1.33 bits per heavy atom. The van der Waals surface area contributed by atoms with Gasteiger partial charge in [-0.15, -0.1) is 0 Å². The van der Waals surface area contributed by atoms with Gasteiger partial charge in [-0.3, -0.25) is 0 Å². The fourth-order valence-electron chi connectivity index (χ4n) is 2.04. The molecule has 0 N–H and O–H groups in total. The van der Waals surface area contributed by atoms with Crippen molar-refractivity contribution in [2.75, 3.05) is 7.11 Å². The number of esters is 1. The molecule has 2 fully saturated rings. The van der Waals surface area contributed by atoms with Crippen molar-refractivity contribution in [2.45, 2.75) is 37.6 Å². The van der Waals surface area contributed by atoms with Crippen LogP contribution >= 0.6 is 0 Å². The molecule has 1 aliphatic carbocycles. The minimum absolute atomic E-state index is 0.127. The van der Waals surface area contributed by atoms with Crippen LogP contribution in [-0.4, -0.2) is 25.3 Å². The highest BCUT2D eigenvalue weighted by atomic mass is 16.7. The second-order valence-electron chi connectivity index (χ2n) is 4.97. The summed E-state index contributed by atoms with van der Waals surface area (Å²) >= 11 is 0. The molecule has 4 nitrogen and oxygen atoms in total. The second-order valence-corrected chi connectivity index (χ2v) is 4.97. The molecule has 2 unspecified atom stereocenters. The maximum atomic E-state index is 11.8. The number of ether oxygens (including phenoxy) is 3. The van der Waals surface area contributed by atoms with E-state index >= 15 is 0 Å². The number of hydrogen-bond acceptors (Lipinski definition) is 4. The molecule has 3 rings (SSSR count). The molecule has 2 aliphatic rings. The first-order valence-corrected chi connectivity index (χ1v) is 6.16. The number of hydrogen-bond donors (Lipinski definition) is 0. The van der Waals surface area contributed by atoms with E-state index in [0.717, 1.165) is 24.2 Å². The highest BCUT2D eigenvalue weighted by Crippen LogP contribution is 2.47. The maximum Gasteiger partial charge on any atom is 0.338 e. The molecule has 1 aliphatic heterocycles. The van der Waals surface area contributed by atoms with Crippen molar-refractivity contribution in [3.63, 3.8) is 0 Å². The Bertz CT molecular complexity index is 463. The molecule has 1 saturated carbocycles. The SMILES string of the molecule is COc1ccc(C2(C)OC2C(=O)OC2CC2)cc1. The van der Waals surface area contributed by atoms with E-state index in [9.17, 15) is 4.79 Å². The monoisotopic (exact) mass is 248 g/mol. The van der Waals surface area contributed by atoms with Crippen molar-refractivity contribution in [1.82, 2.24) is 0 Å². The number of carbonyl (C=O) groups is 1. The molecule has 18 heavy (non-hydrogen) atoms. The number of methoxy groups -OCH3 is 1. The van der Waals surface area contributed by atoms with Crippen molar-refractivity contribution < 1.29 is 19.0 Å². The van der Waals surface area contributed by atoms with Crippen LogP contribution in [0.1, 0.15) is 25.3 Å². The Kier molecular flexibility index (Phi) is 2.55. The Morgan fingerprint density at radius 2 is 2.00 bits per heavy atom. The standard InChI is InChI=1S/C14H16O4/c1-14(9-3-5-10(16-2)6-4-9)12(18-14)13(15)17-11-7-8-11/h3-6,11-12H,7-8H2,1-2H3. The van der Waals surface area contributed by atoms with Crippen LogP contribution in [0.25, 0.3) is 0 Å². The zero-order valence-corrected chi connectivity index (χ0v) is 10.5. The van der Waals surface area contributed by atoms with Gasteiger partial charge in [0.2, 0.25) is 0 Å². The molecule has 1 heterocycles. The van der Waals surface area contributed by atoms with Gasteiger partial charge in [-0.25, -0.2) is 4.79 Å². The summed E-state index contributed by atoms with van der Waals surface area (Å²) in [7, 11) is 1.63. The topological polar surface area (TPSA) is 48.1 Å². The molecule has 0 spiro atoms. The lowest BCUT2D eigenvalue weighted by molar-refractivity contribution is -0.146. The van der Waals surface area contributed by atoms with E-state index in [1.54, 1.807) is 7.11 Å². The van der Waals surface area contributed by atoms with Crippen molar-refractivity contribution in [3.8, 4) is 5.75 Å². The van der Waals surface area contributed by atoms with Gasteiger partial charge in [0.05, 0.1) is 7.11 Å². The fraction of sp³-hybridized carbons (Fsp3) is 0.500. The van der Waals surface area contributed by atoms with E-state index in [2.05, 4.69) is 0 Å². The third kappa shape index (κ3) is 1.97. The predicted octanol–water partition coefficient (Wildman–Crippen LogP) is 2.01. The highest BCUT2D eigenvalue weighted by molar-refractivity contribution is 5.80. The van der Waals surface area contributed by atoms with E-state index in [-0.39, 0.29) is 12.1 Å². The zero-order chi connectivity index (χ0) is 12.8. The average Bonchev–Trinajstić information content (AvgIpc) is 3.27. The molecule has 0 bridgehead atoms. The van der Waals surface area contributed by atoms with E-state index in [0.29, 0.717) is 0 Å². The summed E-state index contributed by atoms with van der Waals surface area (Å²) in [6.45, 7) is 1.91. The van der Waals surface area contributed by atoms with Gasteiger partial charge < -0.3 is 14.2 Å². The van der Waals surface area contributed by atoms with Crippen molar-refractivity contribution in [3.05, 3.63) is 29.8 Å². The molecule has 0 aromatic heterocycles. The maximum absolute atomic E-state index is 11.8. The summed E-state index contributed by atoms with van der Waals surface area (Å²) < 4.78 is 15.9. The largest absolute Gasteiger partial charge is 0.497 e. The average molecular weight is 248 g/mol. The van der Waals surface area contributed by atoms with Crippen LogP contribution < -0.4 is 4.74 Å². The van der Waals surface area contributed by atoms with Crippen LogP contribution in [0.15, 0.2) is 24.3 Å². The van der Waals surface area contributed by atoms with Crippen LogP contribution in [0, 0.1) is 0 Å². The van der Waals surface area contributed by atoms with Gasteiger partial charge in [0.25, 0.3) is 0 Å². The van der Waals surface area contributed by atoms with E-state index < -0.39 is 11.7 Å². The van der Waals surface area contributed by atoms with Gasteiger partial charge in [0.1, 0.15) is 17.5 Å². The van der Waals surface area contributed by atoms with Crippen molar-refractivity contribution in [1.29, 1.82) is 0 Å². The Labute approximate surface area is 106 Å². The summed E-state index contributed by atoms with van der Waals surface area (Å²) in [5.41, 5.74) is 0.430. The minimum atomic E-state index is -0.543. The third-order valence-electron chi connectivity index (χ3n) is 3.49. The van der Waals surface area contributed by atoms with Gasteiger partial charge in [0.15, 0.2) is 6.10 Å². The van der Waals surface area contributed by atoms with Crippen LogP contribution in [0.5, 0.6) is 5.75 Å². The van der Waals surface area contributed by atoms with Crippen LogP contribution in [-0.2, 0) is 19.9 Å². The van der Waals surface area contributed by atoms with E-state index in [1.807, 2.05) is 31.2 Å². The second kappa shape index (κ2) is 3.99. The van der Waals surface area contributed by atoms with Crippen molar-refractivity contribution in [2.24, 2.45) is 0 Å². The first-order chi connectivity index (χ1) is 8.63. The smallest absolute Gasteiger partial charge is 0.338 e. The van der Waals surface area contributed by atoms with Crippen molar-refractivity contribution >= 4 is 5.97 Å². The first-order valence-electron chi connectivity index (χ1n) is 6.16. The lowest BCUT2D eigenvalue weighted by atomic mass is 9.97. The normalized spacial score (nSPS) is 29.8. The predicted molar refractivity (Wildman–Crippen MR) is 64.3 cm³/mol. The molecule has 0 amide bonds. The van der Waals surface area contributed by atoms with Gasteiger partial charge >= 0.3 is 5.97 Å².